The van der Waals surface area contributed by atoms with Crippen molar-refractivity contribution in [2.45, 2.75) is 19.9 Å². The van der Waals surface area contributed by atoms with E-state index in [0.29, 0.717) is 5.02 Å². The molecule has 22 heavy (non-hydrogen) atoms. The second kappa shape index (κ2) is 6.87. The van der Waals surface area contributed by atoms with Gasteiger partial charge in [-0.1, -0.05) is 43.6 Å². The number of hydrogen-bond donors (Lipinski definition) is 1. The van der Waals surface area contributed by atoms with Crippen LogP contribution in [0.4, 0.5) is 4.79 Å². The number of amides is 2. The summed E-state index contributed by atoms with van der Waals surface area (Å²) >= 11 is 6.23. The van der Waals surface area contributed by atoms with E-state index < -0.39 is 9.84 Å². The van der Waals surface area contributed by atoms with Gasteiger partial charge < -0.3 is 10.2 Å². The maximum Gasteiger partial charge on any atom is 0.317 e. The van der Waals surface area contributed by atoms with Gasteiger partial charge in [0.05, 0.1) is 17.5 Å². The first-order valence-electron chi connectivity index (χ1n) is 7.30. The maximum atomic E-state index is 12.4. The molecular weight excluding hydrogens is 324 g/mol. The Hall–Kier alpha value is -1.27. The summed E-state index contributed by atoms with van der Waals surface area (Å²) in [5.74, 6) is 0.218. The highest BCUT2D eigenvalue weighted by Gasteiger charge is 2.28. The molecule has 0 radical (unpaired) electrons. The van der Waals surface area contributed by atoms with Crippen molar-refractivity contribution in [2.24, 2.45) is 5.92 Å². The van der Waals surface area contributed by atoms with Gasteiger partial charge in [0.25, 0.3) is 0 Å². The Bertz CT molecular complexity index is 632. The Balaban J connectivity index is 2.09. The predicted molar refractivity (Wildman–Crippen MR) is 87.8 cm³/mol. The standard InChI is InChI=1S/C15H21ClN2O3S/c1-11(2)14(12-5-3-4-6-13(12)16)17-15(19)18-7-9-22(20,21)10-8-18/h3-6,11,14H,7-10H2,1-2H3,(H,17,19)/t14-/m1/s1. The minimum atomic E-state index is -3.00. The summed E-state index contributed by atoms with van der Waals surface area (Å²) in [7, 11) is -3.00. The number of nitrogens with zero attached hydrogens (tertiary/aromatic N) is 1. The molecule has 0 saturated carbocycles. The van der Waals surface area contributed by atoms with Gasteiger partial charge >= 0.3 is 6.03 Å². The van der Waals surface area contributed by atoms with Gasteiger partial charge in [0.2, 0.25) is 0 Å². The smallest absolute Gasteiger partial charge is 0.317 e. The van der Waals surface area contributed by atoms with Gasteiger partial charge in [-0.3, -0.25) is 0 Å². The average molecular weight is 345 g/mol. The van der Waals surface area contributed by atoms with Gasteiger partial charge in [-0.05, 0) is 17.5 Å². The van der Waals surface area contributed by atoms with E-state index in [-0.39, 0.29) is 42.6 Å². The molecule has 1 aromatic rings. The van der Waals surface area contributed by atoms with Crippen molar-refractivity contribution in [2.75, 3.05) is 24.6 Å². The minimum Gasteiger partial charge on any atom is -0.331 e. The third-order valence-corrected chi connectivity index (χ3v) is 5.77. The van der Waals surface area contributed by atoms with Crippen LogP contribution in [0.15, 0.2) is 24.3 Å². The van der Waals surface area contributed by atoms with Gasteiger partial charge in [-0.15, -0.1) is 0 Å². The molecule has 0 aliphatic carbocycles. The van der Waals surface area contributed by atoms with Crippen LogP contribution in [0.1, 0.15) is 25.5 Å². The largest absolute Gasteiger partial charge is 0.331 e. The summed E-state index contributed by atoms with van der Waals surface area (Å²) in [5.41, 5.74) is 0.872. The van der Waals surface area contributed by atoms with Gasteiger partial charge in [-0.2, -0.15) is 0 Å². The van der Waals surface area contributed by atoms with Gasteiger partial charge in [-0.25, -0.2) is 13.2 Å². The van der Waals surface area contributed by atoms with Crippen molar-refractivity contribution in [3.05, 3.63) is 34.9 Å². The summed E-state index contributed by atoms with van der Waals surface area (Å²) in [4.78, 5) is 13.9. The number of benzene rings is 1. The van der Waals surface area contributed by atoms with Crippen LogP contribution in [-0.4, -0.2) is 43.9 Å². The third-order valence-electron chi connectivity index (χ3n) is 3.82. The number of hydrogen-bond acceptors (Lipinski definition) is 3. The van der Waals surface area contributed by atoms with E-state index >= 15 is 0 Å². The van der Waals surface area contributed by atoms with Crippen molar-refractivity contribution >= 4 is 27.5 Å². The normalized spacial score (nSPS) is 19.0. The SMILES string of the molecule is CC(C)[C@@H](NC(=O)N1CCS(=O)(=O)CC1)c1ccccc1Cl. The number of carbonyl (C=O) groups excluding carboxylic acids is 1. The number of rotatable bonds is 3. The second-order valence-corrected chi connectivity index (χ2v) is 8.54. The lowest BCUT2D eigenvalue weighted by Crippen LogP contribution is -2.49. The molecule has 1 aliphatic rings. The van der Waals surface area contributed by atoms with E-state index in [1.807, 2.05) is 32.0 Å². The fourth-order valence-corrected chi connectivity index (χ4v) is 3.93. The summed E-state index contributed by atoms with van der Waals surface area (Å²) in [5, 5.41) is 3.59. The molecule has 2 amide bonds. The molecule has 5 nitrogen and oxygen atoms in total. The molecular formula is C15H21ClN2O3S. The highest BCUT2D eigenvalue weighted by Crippen LogP contribution is 2.28. The highest BCUT2D eigenvalue weighted by atomic mass is 35.5. The summed E-state index contributed by atoms with van der Waals surface area (Å²) in [6, 6.07) is 6.98. The Morgan fingerprint density at radius 2 is 1.82 bits per heavy atom. The van der Waals surface area contributed by atoms with E-state index in [0.717, 1.165) is 5.56 Å². The van der Waals surface area contributed by atoms with Crippen molar-refractivity contribution in [1.82, 2.24) is 10.2 Å². The molecule has 2 rings (SSSR count). The van der Waals surface area contributed by atoms with Crippen molar-refractivity contribution in [3.63, 3.8) is 0 Å². The van der Waals surface area contributed by atoms with E-state index in [2.05, 4.69) is 5.32 Å². The number of urea groups is 1. The molecule has 0 spiro atoms. The van der Waals surface area contributed by atoms with Gasteiger partial charge in [0.1, 0.15) is 0 Å². The predicted octanol–water partition coefficient (Wildman–Crippen LogP) is 2.48. The Morgan fingerprint density at radius 3 is 2.36 bits per heavy atom. The first kappa shape index (κ1) is 17.1. The van der Waals surface area contributed by atoms with E-state index in [9.17, 15) is 13.2 Å². The summed E-state index contributed by atoms with van der Waals surface area (Å²) < 4.78 is 22.9. The number of halogens is 1. The van der Waals surface area contributed by atoms with E-state index in [1.165, 1.54) is 0 Å². The van der Waals surface area contributed by atoms with Crippen LogP contribution in [0.3, 0.4) is 0 Å². The molecule has 1 aromatic carbocycles. The van der Waals surface area contributed by atoms with Crippen LogP contribution in [0.25, 0.3) is 0 Å². The number of carbonyl (C=O) groups is 1. The topological polar surface area (TPSA) is 66.5 Å². The summed E-state index contributed by atoms with van der Waals surface area (Å²) in [6.45, 7) is 4.49. The number of sulfone groups is 1. The lowest BCUT2D eigenvalue weighted by atomic mass is 9.96. The molecule has 0 bridgehead atoms. The lowest BCUT2D eigenvalue weighted by Gasteiger charge is -2.31. The van der Waals surface area contributed by atoms with Crippen LogP contribution < -0.4 is 5.32 Å². The first-order chi connectivity index (χ1) is 10.3. The van der Waals surface area contributed by atoms with Crippen LogP contribution in [0.2, 0.25) is 5.02 Å². The Morgan fingerprint density at radius 1 is 1.23 bits per heavy atom. The van der Waals surface area contributed by atoms with Crippen molar-refractivity contribution < 1.29 is 13.2 Å². The van der Waals surface area contributed by atoms with Gasteiger partial charge in [0, 0.05) is 18.1 Å². The molecule has 0 unspecified atom stereocenters. The van der Waals surface area contributed by atoms with Crippen LogP contribution in [-0.2, 0) is 9.84 Å². The fraction of sp³-hybridized carbons (Fsp3) is 0.533. The quantitative estimate of drug-likeness (QED) is 0.916. The minimum absolute atomic E-state index is 0.0266. The summed E-state index contributed by atoms with van der Waals surface area (Å²) in [6.07, 6.45) is 0. The van der Waals surface area contributed by atoms with Gasteiger partial charge in [0.15, 0.2) is 9.84 Å². The zero-order valence-electron chi connectivity index (χ0n) is 12.8. The molecule has 1 saturated heterocycles. The Labute approximate surface area is 136 Å². The molecule has 1 aliphatic heterocycles. The second-order valence-electron chi connectivity index (χ2n) is 5.83. The average Bonchev–Trinajstić information content (AvgIpc) is 2.45. The molecule has 1 atom stereocenters. The zero-order valence-corrected chi connectivity index (χ0v) is 14.3. The van der Waals surface area contributed by atoms with Crippen molar-refractivity contribution in [1.29, 1.82) is 0 Å². The molecule has 7 heteroatoms. The molecule has 0 aromatic heterocycles. The fourth-order valence-electron chi connectivity index (χ4n) is 2.47. The maximum absolute atomic E-state index is 12.4. The number of nitrogens with one attached hydrogen (secondary N) is 1. The van der Waals surface area contributed by atoms with E-state index in [4.69, 9.17) is 11.6 Å². The monoisotopic (exact) mass is 344 g/mol. The molecule has 122 valence electrons. The molecule has 1 fully saturated rings. The van der Waals surface area contributed by atoms with Crippen LogP contribution >= 0.6 is 11.6 Å². The third kappa shape index (κ3) is 4.14. The highest BCUT2D eigenvalue weighted by molar-refractivity contribution is 7.91. The van der Waals surface area contributed by atoms with E-state index in [1.54, 1.807) is 11.0 Å². The lowest BCUT2D eigenvalue weighted by molar-refractivity contribution is 0.194. The molecule has 1 heterocycles. The van der Waals surface area contributed by atoms with Crippen molar-refractivity contribution in [3.8, 4) is 0 Å². The van der Waals surface area contributed by atoms with Crippen LogP contribution in [0, 0.1) is 5.92 Å². The zero-order chi connectivity index (χ0) is 16.3. The Kier molecular flexibility index (Phi) is 5.34. The van der Waals surface area contributed by atoms with Crippen LogP contribution in [0.5, 0.6) is 0 Å². The first-order valence-corrected chi connectivity index (χ1v) is 9.50. The molecule has 1 N–H and O–H groups in total.